The second kappa shape index (κ2) is 3.77. The maximum absolute atomic E-state index is 12.2. The minimum Gasteiger partial charge on any atom is -0.289 e. The summed E-state index contributed by atoms with van der Waals surface area (Å²) in [6, 6.07) is 6.79. The van der Waals surface area contributed by atoms with Gasteiger partial charge < -0.3 is 0 Å². The molecule has 0 amide bonds. The lowest BCUT2D eigenvalue weighted by molar-refractivity contribution is -0.0805. The molecule has 1 aliphatic carbocycles. The molecule has 2 rings (SSSR count). The van der Waals surface area contributed by atoms with Crippen LogP contribution in [0.5, 0.6) is 0 Å². The first kappa shape index (κ1) is 10.9. The van der Waals surface area contributed by atoms with Crippen molar-refractivity contribution < 1.29 is 18.0 Å². The highest BCUT2D eigenvalue weighted by Crippen LogP contribution is 2.28. The molecule has 0 unspecified atom stereocenters. The first-order chi connectivity index (χ1) is 7.47. The maximum Gasteiger partial charge on any atom is 0.410 e. The third kappa shape index (κ3) is 2.15. The Balaban J connectivity index is 2.39. The molecule has 0 saturated heterocycles. The number of ketones is 1. The Bertz CT molecular complexity index is 458. The molecule has 16 heavy (non-hydrogen) atoms. The molecule has 0 aromatic heterocycles. The molecular formula is C12H9F3O. The van der Waals surface area contributed by atoms with E-state index < -0.39 is 12.0 Å². The van der Waals surface area contributed by atoms with Crippen LogP contribution >= 0.6 is 0 Å². The summed E-state index contributed by atoms with van der Waals surface area (Å²) in [6.07, 6.45) is -3.65. The number of Topliss-reactive ketones (excluding diaryl/α,β-unsaturated/α-hetero) is 1. The minimum absolute atomic E-state index is 0.116. The van der Waals surface area contributed by atoms with Crippen LogP contribution in [0.15, 0.2) is 35.9 Å². The summed E-state index contributed by atoms with van der Waals surface area (Å²) in [5.41, 5.74) is 1.07. The van der Waals surface area contributed by atoms with Crippen molar-refractivity contribution in [3.63, 3.8) is 0 Å². The molecule has 0 atom stereocenters. The summed E-state index contributed by atoms with van der Waals surface area (Å²) < 4.78 is 36.5. The smallest absolute Gasteiger partial charge is 0.289 e. The van der Waals surface area contributed by atoms with Crippen LogP contribution in [-0.2, 0) is 6.42 Å². The summed E-state index contributed by atoms with van der Waals surface area (Å²) in [5.74, 6) is -0.501. The highest BCUT2D eigenvalue weighted by atomic mass is 19.4. The number of alkyl halides is 3. The van der Waals surface area contributed by atoms with Crippen molar-refractivity contribution in [2.75, 3.05) is 0 Å². The van der Waals surface area contributed by atoms with E-state index in [0.29, 0.717) is 12.0 Å². The largest absolute Gasteiger partial charge is 0.410 e. The molecule has 4 heteroatoms. The van der Waals surface area contributed by atoms with Gasteiger partial charge in [-0.05, 0) is 18.4 Å². The third-order valence-electron chi connectivity index (χ3n) is 2.56. The number of aryl methyl sites for hydroxylation is 1. The SMILES string of the molecule is O=C1/C(=C/C(F)(F)F)CCc2ccccc21. The first-order valence-corrected chi connectivity index (χ1v) is 4.88. The molecule has 0 spiro atoms. The van der Waals surface area contributed by atoms with Crippen LogP contribution in [0.3, 0.4) is 0 Å². The van der Waals surface area contributed by atoms with Gasteiger partial charge in [0.15, 0.2) is 5.78 Å². The van der Waals surface area contributed by atoms with Crippen LogP contribution < -0.4 is 0 Å². The predicted molar refractivity (Wildman–Crippen MR) is 53.2 cm³/mol. The lowest BCUT2D eigenvalue weighted by Crippen LogP contribution is -2.17. The Kier molecular flexibility index (Phi) is 2.58. The first-order valence-electron chi connectivity index (χ1n) is 4.88. The number of rotatable bonds is 0. The van der Waals surface area contributed by atoms with Crippen molar-refractivity contribution in [2.45, 2.75) is 19.0 Å². The predicted octanol–water partition coefficient (Wildman–Crippen LogP) is 3.30. The lowest BCUT2D eigenvalue weighted by atomic mass is 9.87. The van der Waals surface area contributed by atoms with Crippen LogP contribution in [-0.4, -0.2) is 12.0 Å². The third-order valence-corrected chi connectivity index (χ3v) is 2.56. The van der Waals surface area contributed by atoms with Gasteiger partial charge in [0.1, 0.15) is 0 Å². The average molecular weight is 226 g/mol. The molecule has 0 fully saturated rings. The molecule has 0 heterocycles. The number of hydrogen-bond acceptors (Lipinski definition) is 1. The van der Waals surface area contributed by atoms with Gasteiger partial charge in [0.25, 0.3) is 0 Å². The molecule has 0 bridgehead atoms. The Labute approximate surface area is 90.6 Å². The number of hydrogen-bond donors (Lipinski definition) is 0. The number of fused-ring (bicyclic) bond motifs is 1. The fraction of sp³-hybridized carbons (Fsp3) is 0.250. The fourth-order valence-corrected chi connectivity index (χ4v) is 1.85. The zero-order chi connectivity index (χ0) is 11.8. The van der Waals surface area contributed by atoms with E-state index in [1.54, 1.807) is 24.3 Å². The zero-order valence-corrected chi connectivity index (χ0v) is 8.34. The van der Waals surface area contributed by atoms with E-state index in [1.807, 2.05) is 0 Å². The quantitative estimate of drug-likeness (QED) is 0.620. The van der Waals surface area contributed by atoms with Gasteiger partial charge in [0.05, 0.1) is 0 Å². The Morgan fingerprint density at radius 2 is 1.81 bits per heavy atom. The van der Waals surface area contributed by atoms with Gasteiger partial charge in [-0.1, -0.05) is 24.3 Å². The fourth-order valence-electron chi connectivity index (χ4n) is 1.85. The maximum atomic E-state index is 12.2. The van der Waals surface area contributed by atoms with Crippen LogP contribution in [0, 0.1) is 0 Å². The van der Waals surface area contributed by atoms with Crippen molar-refractivity contribution in [3.05, 3.63) is 47.0 Å². The number of allylic oxidation sites excluding steroid dienone is 2. The van der Waals surface area contributed by atoms with E-state index in [4.69, 9.17) is 0 Å². The molecule has 0 radical (unpaired) electrons. The van der Waals surface area contributed by atoms with Gasteiger partial charge in [0.2, 0.25) is 0 Å². The summed E-state index contributed by atoms with van der Waals surface area (Å²) in [5, 5.41) is 0. The van der Waals surface area contributed by atoms with E-state index >= 15 is 0 Å². The van der Waals surface area contributed by atoms with Gasteiger partial charge in [-0.25, -0.2) is 0 Å². The highest BCUT2D eigenvalue weighted by Gasteiger charge is 2.29. The van der Waals surface area contributed by atoms with Gasteiger partial charge >= 0.3 is 6.18 Å². The van der Waals surface area contributed by atoms with E-state index in [2.05, 4.69) is 0 Å². The van der Waals surface area contributed by atoms with Crippen LogP contribution in [0.4, 0.5) is 13.2 Å². The van der Waals surface area contributed by atoms with E-state index in [-0.39, 0.29) is 18.1 Å². The minimum atomic E-state index is -4.42. The molecule has 1 nitrogen and oxygen atoms in total. The van der Waals surface area contributed by atoms with Crippen molar-refractivity contribution in [2.24, 2.45) is 0 Å². The van der Waals surface area contributed by atoms with E-state index in [0.717, 1.165) is 5.56 Å². The van der Waals surface area contributed by atoms with Crippen LogP contribution in [0.2, 0.25) is 0 Å². The lowest BCUT2D eigenvalue weighted by Gasteiger charge is -2.17. The average Bonchev–Trinajstić information content (AvgIpc) is 2.21. The number of carbonyl (C=O) groups is 1. The van der Waals surface area contributed by atoms with Gasteiger partial charge in [-0.2, -0.15) is 13.2 Å². The summed E-state index contributed by atoms with van der Waals surface area (Å²) in [6.45, 7) is 0. The number of carbonyl (C=O) groups excluding carboxylic acids is 1. The van der Waals surface area contributed by atoms with Crippen LogP contribution in [0.25, 0.3) is 0 Å². The Morgan fingerprint density at radius 1 is 1.12 bits per heavy atom. The molecule has 0 saturated carbocycles. The van der Waals surface area contributed by atoms with E-state index in [9.17, 15) is 18.0 Å². The summed E-state index contributed by atoms with van der Waals surface area (Å²) in [4.78, 5) is 11.7. The topological polar surface area (TPSA) is 17.1 Å². The van der Waals surface area contributed by atoms with Crippen molar-refractivity contribution in [1.82, 2.24) is 0 Å². The molecule has 1 aromatic carbocycles. The monoisotopic (exact) mass is 226 g/mol. The van der Waals surface area contributed by atoms with Gasteiger partial charge in [-0.15, -0.1) is 0 Å². The van der Waals surface area contributed by atoms with E-state index in [1.165, 1.54) is 0 Å². The summed E-state index contributed by atoms with van der Waals surface area (Å²) >= 11 is 0. The standard InChI is InChI=1S/C12H9F3O/c13-12(14,15)7-9-6-5-8-3-1-2-4-10(8)11(9)16/h1-4,7H,5-6H2/b9-7+. The highest BCUT2D eigenvalue weighted by molar-refractivity contribution is 6.10. The van der Waals surface area contributed by atoms with Gasteiger partial charge in [-0.3, -0.25) is 4.79 Å². The molecule has 0 N–H and O–H groups in total. The number of halogens is 3. The molecule has 1 aromatic rings. The molecular weight excluding hydrogens is 217 g/mol. The van der Waals surface area contributed by atoms with Crippen LogP contribution in [0.1, 0.15) is 22.3 Å². The second-order valence-corrected chi connectivity index (χ2v) is 3.70. The number of benzene rings is 1. The van der Waals surface area contributed by atoms with Crippen molar-refractivity contribution in [1.29, 1.82) is 0 Å². The Hall–Kier alpha value is -1.58. The zero-order valence-electron chi connectivity index (χ0n) is 8.34. The molecule has 1 aliphatic rings. The molecule has 0 aliphatic heterocycles. The van der Waals surface area contributed by atoms with Crippen molar-refractivity contribution in [3.8, 4) is 0 Å². The Morgan fingerprint density at radius 3 is 2.50 bits per heavy atom. The normalized spacial score (nSPS) is 18.7. The van der Waals surface area contributed by atoms with Gasteiger partial charge in [0, 0.05) is 17.2 Å². The summed E-state index contributed by atoms with van der Waals surface area (Å²) in [7, 11) is 0. The second-order valence-electron chi connectivity index (χ2n) is 3.70. The molecule has 84 valence electrons. The van der Waals surface area contributed by atoms with Crippen molar-refractivity contribution >= 4 is 5.78 Å².